The first-order chi connectivity index (χ1) is 7.26. The summed E-state index contributed by atoms with van der Waals surface area (Å²) in [4.78, 5) is 15.5. The summed E-state index contributed by atoms with van der Waals surface area (Å²) < 4.78 is 4.54. The molecule has 0 aliphatic carbocycles. The predicted octanol–water partition coefficient (Wildman–Crippen LogP) is 0.701. The van der Waals surface area contributed by atoms with E-state index in [1.54, 1.807) is 0 Å². The van der Waals surface area contributed by atoms with Gasteiger partial charge in [-0.3, -0.25) is 4.90 Å². The maximum Gasteiger partial charge on any atom is 0.331 e. The van der Waals surface area contributed by atoms with Gasteiger partial charge in [0.25, 0.3) is 0 Å². The van der Waals surface area contributed by atoms with Gasteiger partial charge in [0.05, 0.1) is 7.11 Å². The van der Waals surface area contributed by atoms with Crippen LogP contribution in [0.15, 0.2) is 12.3 Å². The van der Waals surface area contributed by atoms with E-state index in [0.29, 0.717) is 0 Å². The molecule has 0 unspecified atom stereocenters. The minimum absolute atomic E-state index is 0.286. The van der Waals surface area contributed by atoms with Crippen LogP contribution in [0.1, 0.15) is 13.3 Å². The van der Waals surface area contributed by atoms with Crippen molar-refractivity contribution < 1.29 is 9.53 Å². The molecule has 4 heteroatoms. The zero-order valence-corrected chi connectivity index (χ0v) is 9.61. The second kappa shape index (κ2) is 6.45. The van der Waals surface area contributed by atoms with E-state index in [0.717, 1.165) is 26.2 Å². The fourth-order valence-electron chi connectivity index (χ4n) is 1.69. The van der Waals surface area contributed by atoms with Crippen LogP contribution in [-0.2, 0) is 9.53 Å². The van der Waals surface area contributed by atoms with Crippen LogP contribution in [0.5, 0.6) is 0 Å². The number of carbonyl (C=O) groups is 1. The van der Waals surface area contributed by atoms with Crippen molar-refractivity contribution in [2.45, 2.75) is 13.3 Å². The first kappa shape index (κ1) is 12.0. The molecule has 0 atom stereocenters. The number of piperazine rings is 1. The van der Waals surface area contributed by atoms with Gasteiger partial charge in [-0.1, -0.05) is 6.92 Å². The Morgan fingerprint density at radius 1 is 1.33 bits per heavy atom. The number of hydrogen-bond donors (Lipinski definition) is 0. The molecule has 0 N–H and O–H groups in total. The Hall–Kier alpha value is -1.03. The minimum atomic E-state index is -0.286. The molecule has 4 nitrogen and oxygen atoms in total. The smallest absolute Gasteiger partial charge is 0.331 e. The van der Waals surface area contributed by atoms with Crippen molar-refractivity contribution >= 4 is 5.97 Å². The average Bonchev–Trinajstić information content (AvgIpc) is 2.28. The van der Waals surface area contributed by atoms with Crippen molar-refractivity contribution in [1.82, 2.24) is 9.80 Å². The number of carbonyl (C=O) groups excluding carboxylic acids is 1. The number of methoxy groups -OCH3 is 1. The van der Waals surface area contributed by atoms with Gasteiger partial charge in [-0.05, 0) is 13.0 Å². The molecule has 0 spiro atoms. The fraction of sp³-hybridized carbons (Fsp3) is 0.727. The Morgan fingerprint density at radius 3 is 2.53 bits per heavy atom. The summed E-state index contributed by atoms with van der Waals surface area (Å²) in [5, 5.41) is 0. The molecule has 15 heavy (non-hydrogen) atoms. The molecule has 1 aliphatic rings. The second-order valence-electron chi connectivity index (χ2n) is 3.72. The van der Waals surface area contributed by atoms with Crippen molar-refractivity contribution in [2.24, 2.45) is 0 Å². The lowest BCUT2D eigenvalue weighted by Crippen LogP contribution is -2.44. The Bertz CT molecular complexity index is 221. The van der Waals surface area contributed by atoms with E-state index < -0.39 is 0 Å². The molecule has 1 rings (SSSR count). The highest BCUT2D eigenvalue weighted by atomic mass is 16.5. The number of ether oxygens (including phenoxy) is 1. The summed E-state index contributed by atoms with van der Waals surface area (Å²) in [6.07, 6.45) is 4.52. The molecule has 0 radical (unpaired) electrons. The lowest BCUT2D eigenvalue weighted by molar-refractivity contribution is -0.134. The maximum absolute atomic E-state index is 10.9. The Balaban J connectivity index is 2.25. The fourth-order valence-corrected chi connectivity index (χ4v) is 1.69. The topological polar surface area (TPSA) is 32.8 Å². The summed E-state index contributed by atoms with van der Waals surface area (Å²) in [6, 6.07) is 0. The summed E-state index contributed by atoms with van der Waals surface area (Å²) in [7, 11) is 1.39. The van der Waals surface area contributed by atoms with Crippen LogP contribution in [0.4, 0.5) is 0 Å². The largest absolute Gasteiger partial charge is 0.466 e. The van der Waals surface area contributed by atoms with E-state index in [9.17, 15) is 4.79 Å². The molecule has 86 valence electrons. The van der Waals surface area contributed by atoms with Crippen molar-refractivity contribution in [1.29, 1.82) is 0 Å². The van der Waals surface area contributed by atoms with E-state index in [1.165, 1.54) is 26.2 Å². The van der Waals surface area contributed by atoms with Crippen LogP contribution in [-0.4, -0.2) is 55.6 Å². The Labute approximate surface area is 91.5 Å². The molecule has 0 aromatic carbocycles. The first-order valence-electron chi connectivity index (χ1n) is 5.48. The maximum atomic E-state index is 10.9. The van der Waals surface area contributed by atoms with Gasteiger partial charge in [0.15, 0.2) is 0 Å². The normalized spacial score (nSPS) is 18.4. The Kier molecular flexibility index (Phi) is 5.18. The van der Waals surface area contributed by atoms with Gasteiger partial charge >= 0.3 is 5.97 Å². The van der Waals surface area contributed by atoms with E-state index in [2.05, 4.69) is 21.5 Å². The third-order valence-electron chi connectivity index (χ3n) is 2.57. The summed E-state index contributed by atoms with van der Waals surface area (Å²) >= 11 is 0. The highest BCUT2D eigenvalue weighted by Crippen LogP contribution is 2.02. The molecular formula is C11H20N2O2. The van der Waals surface area contributed by atoms with Crippen LogP contribution in [0, 0.1) is 0 Å². The van der Waals surface area contributed by atoms with Crippen molar-refractivity contribution in [2.75, 3.05) is 39.8 Å². The third-order valence-corrected chi connectivity index (χ3v) is 2.57. The summed E-state index contributed by atoms with van der Waals surface area (Å²) in [6.45, 7) is 7.53. The molecule has 0 amide bonds. The predicted molar refractivity (Wildman–Crippen MR) is 59.5 cm³/mol. The summed E-state index contributed by atoms with van der Waals surface area (Å²) in [5.41, 5.74) is 0. The van der Waals surface area contributed by atoms with Crippen molar-refractivity contribution in [3.05, 3.63) is 12.3 Å². The first-order valence-corrected chi connectivity index (χ1v) is 5.48. The van der Waals surface area contributed by atoms with Gasteiger partial charge in [0.1, 0.15) is 0 Å². The average molecular weight is 212 g/mol. The molecule has 0 saturated carbocycles. The van der Waals surface area contributed by atoms with Crippen LogP contribution in [0.2, 0.25) is 0 Å². The molecule has 0 bridgehead atoms. The third kappa shape index (κ3) is 4.34. The van der Waals surface area contributed by atoms with Gasteiger partial charge in [-0.25, -0.2) is 4.79 Å². The van der Waals surface area contributed by atoms with Crippen molar-refractivity contribution in [3.8, 4) is 0 Å². The molecule has 0 aromatic rings. The monoisotopic (exact) mass is 212 g/mol. The van der Waals surface area contributed by atoms with Crippen LogP contribution < -0.4 is 0 Å². The molecule has 0 aromatic heterocycles. The van der Waals surface area contributed by atoms with E-state index in [-0.39, 0.29) is 5.97 Å². The van der Waals surface area contributed by atoms with Crippen LogP contribution in [0.3, 0.4) is 0 Å². The quantitative estimate of drug-likeness (QED) is 0.507. The van der Waals surface area contributed by atoms with Gasteiger partial charge in [0, 0.05) is 38.5 Å². The number of hydrogen-bond acceptors (Lipinski definition) is 4. The Morgan fingerprint density at radius 2 is 2.00 bits per heavy atom. The molecule has 1 heterocycles. The molecule has 1 saturated heterocycles. The summed E-state index contributed by atoms with van der Waals surface area (Å²) in [5.74, 6) is -0.286. The number of esters is 1. The minimum Gasteiger partial charge on any atom is -0.466 e. The van der Waals surface area contributed by atoms with Crippen molar-refractivity contribution in [3.63, 3.8) is 0 Å². The van der Waals surface area contributed by atoms with Gasteiger partial charge < -0.3 is 9.64 Å². The van der Waals surface area contributed by atoms with E-state index >= 15 is 0 Å². The SMILES string of the molecule is CCCN1CCN(C=CC(=O)OC)CC1. The second-order valence-corrected chi connectivity index (χ2v) is 3.72. The van der Waals surface area contributed by atoms with Gasteiger partial charge in [-0.2, -0.15) is 0 Å². The van der Waals surface area contributed by atoms with Gasteiger partial charge in [0.2, 0.25) is 0 Å². The zero-order valence-electron chi connectivity index (χ0n) is 9.61. The highest BCUT2D eigenvalue weighted by molar-refractivity contribution is 5.81. The highest BCUT2D eigenvalue weighted by Gasteiger charge is 2.13. The number of nitrogens with zero attached hydrogens (tertiary/aromatic N) is 2. The lowest BCUT2D eigenvalue weighted by atomic mass is 10.3. The van der Waals surface area contributed by atoms with E-state index in [4.69, 9.17) is 0 Å². The van der Waals surface area contributed by atoms with Crippen LogP contribution in [0.25, 0.3) is 0 Å². The number of rotatable bonds is 4. The molecular weight excluding hydrogens is 192 g/mol. The lowest BCUT2D eigenvalue weighted by Gasteiger charge is -2.33. The standard InChI is InChI=1S/C11H20N2O2/c1-3-5-12-7-9-13(10-8-12)6-4-11(14)15-2/h4,6H,3,5,7-10H2,1-2H3. The molecule has 1 aliphatic heterocycles. The van der Waals surface area contributed by atoms with Crippen LogP contribution >= 0.6 is 0 Å². The van der Waals surface area contributed by atoms with E-state index in [1.807, 2.05) is 6.20 Å². The zero-order chi connectivity index (χ0) is 11.1. The van der Waals surface area contributed by atoms with Gasteiger partial charge in [-0.15, -0.1) is 0 Å². The molecule has 1 fully saturated rings.